The van der Waals surface area contributed by atoms with E-state index in [9.17, 15) is 4.79 Å². The zero-order valence-electron chi connectivity index (χ0n) is 15.7. The number of carbonyl (C=O) groups is 1. The molecule has 0 spiro atoms. The van der Waals surface area contributed by atoms with Gasteiger partial charge in [0.15, 0.2) is 11.0 Å². The van der Waals surface area contributed by atoms with Crippen LogP contribution in [-0.2, 0) is 11.8 Å². The summed E-state index contributed by atoms with van der Waals surface area (Å²) in [6.07, 6.45) is 3.44. The lowest BCUT2D eigenvalue weighted by Crippen LogP contribution is -2.30. The van der Waals surface area contributed by atoms with Gasteiger partial charge in [-0.25, -0.2) is 0 Å². The molecule has 1 aromatic carbocycles. The van der Waals surface area contributed by atoms with Crippen molar-refractivity contribution in [2.45, 2.75) is 11.2 Å². The Balaban J connectivity index is 1.44. The largest absolute Gasteiger partial charge is 0.344 e. The molecule has 0 radical (unpaired) electrons. The third kappa shape index (κ3) is 4.55. The van der Waals surface area contributed by atoms with E-state index < -0.39 is 0 Å². The molecule has 1 unspecified atom stereocenters. The van der Waals surface area contributed by atoms with Gasteiger partial charge >= 0.3 is 0 Å². The van der Waals surface area contributed by atoms with Gasteiger partial charge in [0.2, 0.25) is 5.91 Å². The first-order valence-corrected chi connectivity index (χ1v) is 10.9. The van der Waals surface area contributed by atoms with E-state index in [2.05, 4.69) is 20.5 Å². The van der Waals surface area contributed by atoms with Crippen LogP contribution in [0.3, 0.4) is 0 Å². The molecular weight excluding hydrogens is 402 g/mol. The molecule has 6 nitrogen and oxygen atoms in total. The first kappa shape index (κ1) is 19.4. The first-order chi connectivity index (χ1) is 14.2. The van der Waals surface area contributed by atoms with Crippen LogP contribution in [0.4, 0.5) is 0 Å². The van der Waals surface area contributed by atoms with Gasteiger partial charge in [-0.2, -0.15) is 0 Å². The summed E-state index contributed by atoms with van der Waals surface area (Å²) in [5.41, 5.74) is 2.00. The van der Waals surface area contributed by atoms with Crippen molar-refractivity contribution in [3.63, 3.8) is 0 Å². The summed E-state index contributed by atoms with van der Waals surface area (Å²) in [4.78, 5) is 17.8. The van der Waals surface area contributed by atoms with E-state index in [1.807, 2.05) is 71.6 Å². The maximum Gasteiger partial charge on any atom is 0.231 e. The Morgan fingerprint density at radius 1 is 1.10 bits per heavy atom. The summed E-state index contributed by atoms with van der Waals surface area (Å²) in [6, 6.07) is 17.7. The molecule has 0 aliphatic rings. The summed E-state index contributed by atoms with van der Waals surface area (Å²) in [7, 11) is 1.90. The molecule has 0 aliphatic heterocycles. The fourth-order valence-corrected chi connectivity index (χ4v) is 4.47. The number of amides is 1. The fraction of sp³-hybridized carbons (Fsp3) is 0.143. The molecule has 1 N–H and O–H groups in total. The SMILES string of the molecule is Cn1c(SCC(=O)NC(c2ccccc2)c2cccs2)nnc1-c1ccncc1. The van der Waals surface area contributed by atoms with Gasteiger partial charge in [-0.3, -0.25) is 9.78 Å². The second-order valence-electron chi connectivity index (χ2n) is 6.32. The Labute approximate surface area is 177 Å². The monoisotopic (exact) mass is 421 g/mol. The number of hydrogen-bond acceptors (Lipinski definition) is 6. The van der Waals surface area contributed by atoms with Crippen LogP contribution in [0.15, 0.2) is 77.5 Å². The van der Waals surface area contributed by atoms with E-state index in [0.717, 1.165) is 21.8 Å². The van der Waals surface area contributed by atoms with Gasteiger partial charge in [-0.05, 0) is 29.1 Å². The number of nitrogens with one attached hydrogen (secondary N) is 1. The van der Waals surface area contributed by atoms with Gasteiger partial charge in [0.1, 0.15) is 0 Å². The molecule has 4 rings (SSSR count). The number of rotatable bonds is 7. The van der Waals surface area contributed by atoms with Gasteiger partial charge in [0.05, 0.1) is 11.8 Å². The molecule has 0 bridgehead atoms. The number of aromatic nitrogens is 4. The Morgan fingerprint density at radius 2 is 1.90 bits per heavy atom. The van der Waals surface area contributed by atoms with Crippen LogP contribution in [0.25, 0.3) is 11.4 Å². The van der Waals surface area contributed by atoms with E-state index >= 15 is 0 Å². The molecule has 0 aliphatic carbocycles. The van der Waals surface area contributed by atoms with Gasteiger partial charge in [-0.15, -0.1) is 21.5 Å². The minimum Gasteiger partial charge on any atom is -0.344 e. The topological polar surface area (TPSA) is 72.7 Å². The van der Waals surface area contributed by atoms with Crippen molar-refractivity contribution in [1.82, 2.24) is 25.1 Å². The molecule has 4 aromatic rings. The van der Waals surface area contributed by atoms with Crippen LogP contribution in [0.5, 0.6) is 0 Å². The summed E-state index contributed by atoms with van der Waals surface area (Å²) in [5, 5.41) is 14.3. The Kier molecular flexibility index (Phi) is 6.02. The van der Waals surface area contributed by atoms with Crippen LogP contribution in [0.1, 0.15) is 16.5 Å². The van der Waals surface area contributed by atoms with Crippen LogP contribution < -0.4 is 5.32 Å². The third-order valence-corrected chi connectivity index (χ3v) is 6.33. The predicted molar refractivity (Wildman–Crippen MR) is 116 cm³/mol. The Hall–Kier alpha value is -2.97. The number of thioether (sulfide) groups is 1. The molecule has 0 saturated heterocycles. The highest BCUT2D eigenvalue weighted by Crippen LogP contribution is 2.27. The van der Waals surface area contributed by atoms with Gasteiger partial charge < -0.3 is 9.88 Å². The molecule has 1 amide bonds. The highest BCUT2D eigenvalue weighted by Gasteiger charge is 2.19. The second kappa shape index (κ2) is 9.02. The normalized spacial score (nSPS) is 11.9. The summed E-state index contributed by atoms with van der Waals surface area (Å²) >= 11 is 3.00. The fourth-order valence-electron chi connectivity index (χ4n) is 2.95. The summed E-state index contributed by atoms with van der Waals surface area (Å²) in [5.74, 6) is 0.957. The Morgan fingerprint density at radius 3 is 2.62 bits per heavy atom. The average Bonchev–Trinajstić information content (AvgIpc) is 3.42. The van der Waals surface area contributed by atoms with Crippen molar-refractivity contribution in [1.29, 1.82) is 0 Å². The highest BCUT2D eigenvalue weighted by atomic mass is 32.2. The Bertz CT molecular complexity index is 1070. The van der Waals surface area contributed by atoms with Crippen molar-refractivity contribution in [2.24, 2.45) is 7.05 Å². The lowest BCUT2D eigenvalue weighted by atomic mass is 10.1. The second-order valence-corrected chi connectivity index (χ2v) is 8.24. The van der Waals surface area contributed by atoms with E-state index in [1.54, 1.807) is 23.7 Å². The third-order valence-electron chi connectivity index (χ3n) is 4.37. The lowest BCUT2D eigenvalue weighted by molar-refractivity contribution is -0.119. The van der Waals surface area contributed by atoms with E-state index in [-0.39, 0.29) is 17.7 Å². The molecule has 1 atom stereocenters. The van der Waals surface area contributed by atoms with Crippen LogP contribution in [-0.4, -0.2) is 31.4 Å². The van der Waals surface area contributed by atoms with E-state index in [4.69, 9.17) is 0 Å². The van der Waals surface area contributed by atoms with Gasteiger partial charge in [0, 0.05) is 29.9 Å². The quantitative estimate of drug-likeness (QED) is 0.458. The zero-order chi connectivity index (χ0) is 20.1. The average molecular weight is 422 g/mol. The predicted octanol–water partition coefficient (Wildman–Crippen LogP) is 3.94. The minimum atomic E-state index is -0.156. The molecule has 0 fully saturated rings. The van der Waals surface area contributed by atoms with Crippen molar-refractivity contribution in [2.75, 3.05) is 5.75 Å². The molecule has 146 valence electrons. The van der Waals surface area contributed by atoms with Crippen molar-refractivity contribution in [3.8, 4) is 11.4 Å². The molecule has 8 heteroatoms. The van der Waals surface area contributed by atoms with Crippen molar-refractivity contribution < 1.29 is 4.79 Å². The minimum absolute atomic E-state index is 0.0503. The number of benzene rings is 1. The molecule has 3 heterocycles. The number of carbonyl (C=O) groups excluding carboxylic acids is 1. The molecular formula is C21H19N5OS2. The number of hydrogen-bond donors (Lipinski definition) is 1. The maximum atomic E-state index is 12.7. The lowest BCUT2D eigenvalue weighted by Gasteiger charge is -2.18. The summed E-state index contributed by atoms with van der Waals surface area (Å²) in [6.45, 7) is 0. The molecule has 3 aromatic heterocycles. The number of pyridine rings is 1. The van der Waals surface area contributed by atoms with Crippen LogP contribution in [0, 0.1) is 0 Å². The summed E-state index contributed by atoms with van der Waals surface area (Å²) < 4.78 is 1.89. The van der Waals surface area contributed by atoms with Crippen molar-refractivity contribution in [3.05, 3.63) is 82.8 Å². The first-order valence-electron chi connectivity index (χ1n) is 9.02. The smallest absolute Gasteiger partial charge is 0.231 e. The van der Waals surface area contributed by atoms with E-state index in [1.165, 1.54) is 11.8 Å². The van der Waals surface area contributed by atoms with Gasteiger partial charge in [-0.1, -0.05) is 48.2 Å². The van der Waals surface area contributed by atoms with Crippen LogP contribution in [0.2, 0.25) is 0 Å². The number of thiophene rings is 1. The van der Waals surface area contributed by atoms with Crippen LogP contribution >= 0.6 is 23.1 Å². The van der Waals surface area contributed by atoms with Gasteiger partial charge in [0.25, 0.3) is 0 Å². The highest BCUT2D eigenvalue weighted by molar-refractivity contribution is 7.99. The molecule has 29 heavy (non-hydrogen) atoms. The zero-order valence-corrected chi connectivity index (χ0v) is 17.4. The van der Waals surface area contributed by atoms with E-state index in [0.29, 0.717) is 5.16 Å². The number of nitrogens with zero attached hydrogens (tertiary/aromatic N) is 4. The maximum absolute atomic E-state index is 12.7. The molecule has 0 saturated carbocycles. The standard InChI is InChI=1S/C21H19N5OS2/c1-26-20(16-9-11-22-12-10-16)24-25-21(26)29-14-18(27)23-19(17-8-5-13-28-17)15-6-3-2-4-7-15/h2-13,19H,14H2,1H3,(H,23,27). The van der Waals surface area contributed by atoms with Crippen molar-refractivity contribution >= 4 is 29.0 Å².